The van der Waals surface area contributed by atoms with Gasteiger partial charge in [-0.05, 0) is 40.5 Å². The lowest BCUT2D eigenvalue weighted by Crippen LogP contribution is -2.36. The lowest BCUT2D eigenvalue weighted by atomic mass is 10.1. The summed E-state index contributed by atoms with van der Waals surface area (Å²) in [6.07, 6.45) is -3.43. The molecule has 0 fully saturated rings. The average Bonchev–Trinajstić information content (AvgIpc) is 2.40. The zero-order valence-electron chi connectivity index (χ0n) is 10.2. The van der Waals surface area contributed by atoms with E-state index in [1.54, 1.807) is 12.1 Å². The molecule has 0 radical (unpaired) electrons. The Bertz CT molecular complexity index is 571. The zero-order valence-corrected chi connectivity index (χ0v) is 12.5. The van der Waals surface area contributed by atoms with Crippen molar-refractivity contribution >= 4 is 33.4 Å². The quantitative estimate of drug-likeness (QED) is 0.671. The van der Waals surface area contributed by atoms with Crippen LogP contribution in [0, 0.1) is 0 Å². The highest BCUT2D eigenvalue weighted by Gasteiger charge is 2.35. The highest BCUT2D eigenvalue weighted by molar-refractivity contribution is 9.10. The summed E-state index contributed by atoms with van der Waals surface area (Å²) in [7, 11) is 0. The van der Waals surface area contributed by atoms with Gasteiger partial charge in [0.25, 0.3) is 5.91 Å². The third kappa shape index (κ3) is 3.35. The van der Waals surface area contributed by atoms with Gasteiger partial charge in [0, 0.05) is 28.7 Å². The number of nitrogens with zero attached hydrogens (tertiary/aromatic N) is 1. The molecular weight excluding hydrogens is 358 g/mol. The van der Waals surface area contributed by atoms with Crippen molar-refractivity contribution in [1.82, 2.24) is 4.90 Å². The smallest absolute Gasteiger partial charge is 0.335 e. The number of hydrogen-bond acceptors (Lipinski definition) is 1. The van der Waals surface area contributed by atoms with E-state index in [9.17, 15) is 18.0 Å². The molecule has 1 heterocycles. The van der Waals surface area contributed by atoms with Crippen molar-refractivity contribution in [3.63, 3.8) is 0 Å². The Hall–Kier alpha value is -1.01. The van der Waals surface area contributed by atoms with Crippen LogP contribution in [0.5, 0.6) is 0 Å². The molecule has 0 saturated heterocycles. The highest BCUT2D eigenvalue weighted by atomic mass is 79.9. The Morgan fingerprint density at radius 1 is 1.35 bits per heavy atom. The van der Waals surface area contributed by atoms with E-state index in [1.807, 2.05) is 0 Å². The van der Waals surface area contributed by atoms with Crippen LogP contribution >= 0.6 is 27.5 Å². The Balaban J connectivity index is 2.12. The van der Waals surface area contributed by atoms with Crippen molar-refractivity contribution in [3.05, 3.63) is 44.9 Å². The van der Waals surface area contributed by atoms with E-state index < -0.39 is 11.7 Å². The van der Waals surface area contributed by atoms with Crippen molar-refractivity contribution in [1.29, 1.82) is 0 Å². The molecule has 0 aromatic heterocycles. The van der Waals surface area contributed by atoms with E-state index in [4.69, 9.17) is 11.6 Å². The highest BCUT2D eigenvalue weighted by Crippen LogP contribution is 2.31. The Morgan fingerprint density at radius 2 is 2.05 bits per heavy atom. The lowest BCUT2D eigenvalue weighted by Gasteiger charge is -2.27. The van der Waals surface area contributed by atoms with Crippen molar-refractivity contribution in [2.45, 2.75) is 12.6 Å². The van der Waals surface area contributed by atoms with Gasteiger partial charge in [0.05, 0.1) is 5.02 Å². The van der Waals surface area contributed by atoms with Crippen LogP contribution in [0.2, 0.25) is 5.02 Å². The first-order chi connectivity index (χ1) is 9.29. The molecule has 0 saturated carbocycles. The molecule has 108 valence electrons. The second-order valence-electron chi connectivity index (χ2n) is 4.36. The minimum atomic E-state index is -4.31. The fourth-order valence-electron chi connectivity index (χ4n) is 1.92. The SMILES string of the molecule is O=C(c1ccc(Br)c(Cl)c1)N1CC=C(C(F)(F)F)CC1. The average molecular weight is 369 g/mol. The Labute approximate surface area is 127 Å². The van der Waals surface area contributed by atoms with Gasteiger partial charge < -0.3 is 4.90 Å². The van der Waals surface area contributed by atoms with Gasteiger partial charge in [-0.25, -0.2) is 0 Å². The van der Waals surface area contributed by atoms with E-state index in [2.05, 4.69) is 15.9 Å². The third-order valence-corrected chi connectivity index (χ3v) is 4.26. The van der Waals surface area contributed by atoms with Crippen LogP contribution in [0.15, 0.2) is 34.3 Å². The molecule has 1 aliphatic rings. The number of alkyl halides is 3. The molecule has 1 aliphatic heterocycles. The summed E-state index contributed by atoms with van der Waals surface area (Å²) >= 11 is 9.11. The third-order valence-electron chi connectivity index (χ3n) is 3.03. The molecule has 2 nitrogen and oxygen atoms in total. The van der Waals surface area contributed by atoms with E-state index in [0.717, 1.165) is 6.08 Å². The van der Waals surface area contributed by atoms with Crippen molar-refractivity contribution < 1.29 is 18.0 Å². The summed E-state index contributed by atoms with van der Waals surface area (Å²) in [5, 5.41) is 0.388. The molecule has 20 heavy (non-hydrogen) atoms. The minimum absolute atomic E-state index is 0.0403. The number of halogens is 5. The molecule has 1 aromatic rings. The molecule has 1 amide bonds. The fourth-order valence-corrected chi connectivity index (χ4v) is 2.35. The van der Waals surface area contributed by atoms with Gasteiger partial charge in [0.2, 0.25) is 0 Å². The predicted octanol–water partition coefficient (Wildman–Crippen LogP) is 4.44. The van der Waals surface area contributed by atoms with Gasteiger partial charge in [0.15, 0.2) is 0 Å². The van der Waals surface area contributed by atoms with Crippen molar-refractivity contribution in [3.8, 4) is 0 Å². The number of hydrogen-bond donors (Lipinski definition) is 0. The van der Waals surface area contributed by atoms with Gasteiger partial charge in [0.1, 0.15) is 0 Å². The van der Waals surface area contributed by atoms with E-state index in [0.29, 0.717) is 15.1 Å². The minimum Gasteiger partial charge on any atom is -0.335 e. The molecule has 0 atom stereocenters. The standard InChI is InChI=1S/C13H10BrClF3NO/c14-10-2-1-8(7-11(10)15)12(20)19-5-3-9(4-6-19)13(16,17)18/h1-3,7H,4-6H2. The van der Waals surface area contributed by atoms with Gasteiger partial charge in [-0.1, -0.05) is 17.7 Å². The first kappa shape index (κ1) is 15.4. The molecule has 0 unspecified atom stereocenters. The molecule has 0 spiro atoms. The Morgan fingerprint density at radius 3 is 2.55 bits per heavy atom. The second kappa shape index (κ2) is 5.77. The van der Waals surface area contributed by atoms with Crippen LogP contribution in [-0.4, -0.2) is 30.1 Å². The normalized spacial score (nSPS) is 16.1. The van der Waals surface area contributed by atoms with Gasteiger partial charge >= 0.3 is 6.18 Å². The second-order valence-corrected chi connectivity index (χ2v) is 5.62. The molecule has 7 heteroatoms. The van der Waals surface area contributed by atoms with Crippen molar-refractivity contribution in [2.24, 2.45) is 0 Å². The van der Waals surface area contributed by atoms with E-state index in [-0.39, 0.29) is 25.4 Å². The first-order valence-electron chi connectivity index (χ1n) is 5.79. The maximum Gasteiger partial charge on any atom is 0.412 e. The van der Waals surface area contributed by atoms with Crippen LogP contribution in [0.1, 0.15) is 16.8 Å². The van der Waals surface area contributed by atoms with Gasteiger partial charge in [-0.15, -0.1) is 0 Å². The predicted molar refractivity (Wildman–Crippen MR) is 73.8 cm³/mol. The number of rotatable bonds is 1. The topological polar surface area (TPSA) is 20.3 Å². The van der Waals surface area contributed by atoms with Crippen LogP contribution in [0.4, 0.5) is 13.2 Å². The van der Waals surface area contributed by atoms with Crippen molar-refractivity contribution in [2.75, 3.05) is 13.1 Å². The number of amides is 1. The van der Waals surface area contributed by atoms with Crippen LogP contribution in [0.25, 0.3) is 0 Å². The zero-order chi connectivity index (χ0) is 14.9. The van der Waals surface area contributed by atoms with Gasteiger partial charge in [-0.2, -0.15) is 13.2 Å². The van der Waals surface area contributed by atoms with E-state index in [1.165, 1.54) is 11.0 Å². The lowest BCUT2D eigenvalue weighted by molar-refractivity contribution is -0.0957. The number of carbonyl (C=O) groups is 1. The molecule has 0 aliphatic carbocycles. The van der Waals surface area contributed by atoms with Crippen LogP contribution < -0.4 is 0 Å². The first-order valence-corrected chi connectivity index (χ1v) is 6.96. The summed E-state index contributed by atoms with van der Waals surface area (Å²) in [5.41, 5.74) is -0.211. The molecule has 2 rings (SSSR count). The van der Waals surface area contributed by atoms with Crippen LogP contribution in [0.3, 0.4) is 0 Å². The largest absolute Gasteiger partial charge is 0.412 e. The monoisotopic (exact) mass is 367 g/mol. The molecular formula is C13H10BrClF3NO. The molecule has 0 N–H and O–H groups in total. The fraction of sp³-hybridized carbons (Fsp3) is 0.308. The number of carbonyl (C=O) groups excluding carboxylic acids is 1. The van der Waals surface area contributed by atoms with E-state index >= 15 is 0 Å². The Kier molecular flexibility index (Phi) is 4.44. The summed E-state index contributed by atoms with van der Waals surface area (Å²) in [4.78, 5) is 13.5. The van der Waals surface area contributed by atoms with Crippen LogP contribution in [-0.2, 0) is 0 Å². The molecule has 0 bridgehead atoms. The maximum absolute atomic E-state index is 12.5. The summed E-state index contributed by atoms with van der Waals surface area (Å²) in [6, 6.07) is 4.72. The van der Waals surface area contributed by atoms with Gasteiger partial charge in [-0.3, -0.25) is 4.79 Å². The number of benzene rings is 1. The summed E-state index contributed by atoms with van der Waals surface area (Å²) in [6.45, 7) is 0.0131. The maximum atomic E-state index is 12.5. The summed E-state index contributed by atoms with van der Waals surface area (Å²) in [5.74, 6) is -0.322. The molecule has 1 aromatic carbocycles. The summed E-state index contributed by atoms with van der Waals surface area (Å²) < 4.78 is 38.1.